The van der Waals surface area contributed by atoms with E-state index in [-0.39, 0.29) is 5.56 Å². The number of morpholine rings is 1. The quantitative estimate of drug-likeness (QED) is 0.493. The summed E-state index contributed by atoms with van der Waals surface area (Å²) in [6, 6.07) is 17.5. The first-order chi connectivity index (χ1) is 16.1. The van der Waals surface area contributed by atoms with Crippen LogP contribution in [0.4, 0.5) is 5.69 Å². The maximum absolute atomic E-state index is 12.9. The van der Waals surface area contributed by atoms with Gasteiger partial charge >= 0.3 is 0 Å². The summed E-state index contributed by atoms with van der Waals surface area (Å²) in [6.45, 7) is 7.82. The second-order valence-corrected chi connectivity index (χ2v) is 8.36. The van der Waals surface area contributed by atoms with Gasteiger partial charge in [0.25, 0.3) is 5.56 Å². The predicted molar refractivity (Wildman–Crippen MR) is 136 cm³/mol. The number of hydrogen-bond acceptors (Lipinski definition) is 5. The summed E-state index contributed by atoms with van der Waals surface area (Å²) in [5, 5.41) is 4.84. The molecule has 1 aromatic heterocycles. The van der Waals surface area contributed by atoms with Crippen LogP contribution in [0.25, 0.3) is 10.9 Å². The van der Waals surface area contributed by atoms with Crippen LogP contribution in [0.3, 0.4) is 0 Å². The summed E-state index contributed by atoms with van der Waals surface area (Å²) in [6.07, 6.45) is 0. The molecule has 0 aliphatic carbocycles. The number of fused-ring (bicyclic) bond motifs is 1. The van der Waals surface area contributed by atoms with E-state index in [1.54, 1.807) is 0 Å². The molecule has 7 nitrogen and oxygen atoms in total. The SMILES string of the molecule is CCOc1ccc2[nH]c(=O)c(CN(CCN3CCOCC3)C(=S)Nc3ccccc3)cc2c1. The topological polar surface area (TPSA) is 69.8 Å². The van der Waals surface area contributed by atoms with Crippen molar-refractivity contribution in [2.24, 2.45) is 0 Å². The Morgan fingerprint density at radius 2 is 1.97 bits per heavy atom. The van der Waals surface area contributed by atoms with Crippen LogP contribution in [0.15, 0.2) is 59.4 Å². The number of thiocarbonyl (C=S) groups is 1. The molecule has 0 bridgehead atoms. The van der Waals surface area contributed by atoms with Gasteiger partial charge in [0.1, 0.15) is 5.75 Å². The number of aromatic amines is 1. The molecule has 2 aromatic carbocycles. The number of ether oxygens (including phenoxy) is 2. The number of rotatable bonds is 8. The van der Waals surface area contributed by atoms with Crippen LogP contribution in [0.1, 0.15) is 12.5 Å². The molecule has 174 valence electrons. The van der Waals surface area contributed by atoms with Crippen molar-refractivity contribution < 1.29 is 9.47 Å². The number of pyridine rings is 1. The first kappa shape index (κ1) is 23.2. The average Bonchev–Trinajstić information content (AvgIpc) is 2.83. The Labute approximate surface area is 199 Å². The Morgan fingerprint density at radius 1 is 1.18 bits per heavy atom. The van der Waals surface area contributed by atoms with E-state index < -0.39 is 0 Å². The fourth-order valence-electron chi connectivity index (χ4n) is 3.87. The van der Waals surface area contributed by atoms with E-state index in [4.69, 9.17) is 21.7 Å². The summed E-state index contributed by atoms with van der Waals surface area (Å²) in [5.74, 6) is 0.786. The van der Waals surface area contributed by atoms with Crippen LogP contribution in [0, 0.1) is 0 Å². The van der Waals surface area contributed by atoms with Crippen LogP contribution in [-0.4, -0.2) is 65.9 Å². The minimum Gasteiger partial charge on any atom is -0.494 e. The summed E-state index contributed by atoms with van der Waals surface area (Å²) in [7, 11) is 0. The molecule has 1 fully saturated rings. The van der Waals surface area contributed by atoms with Gasteiger partial charge in [-0.15, -0.1) is 0 Å². The van der Waals surface area contributed by atoms with Gasteiger partial charge in [-0.3, -0.25) is 9.69 Å². The van der Waals surface area contributed by atoms with E-state index >= 15 is 0 Å². The van der Waals surface area contributed by atoms with E-state index in [1.807, 2.05) is 61.5 Å². The zero-order valence-electron chi connectivity index (χ0n) is 18.9. The van der Waals surface area contributed by atoms with Crippen molar-refractivity contribution in [2.45, 2.75) is 13.5 Å². The minimum atomic E-state index is -0.106. The van der Waals surface area contributed by atoms with Crippen LogP contribution in [0.2, 0.25) is 0 Å². The van der Waals surface area contributed by atoms with Gasteiger partial charge in [-0.05, 0) is 55.5 Å². The van der Waals surface area contributed by atoms with Crippen molar-refractivity contribution in [3.8, 4) is 5.75 Å². The average molecular weight is 467 g/mol. The first-order valence-electron chi connectivity index (χ1n) is 11.3. The molecule has 1 aliphatic heterocycles. The number of nitrogens with one attached hydrogen (secondary N) is 2. The van der Waals surface area contributed by atoms with Crippen molar-refractivity contribution in [1.82, 2.24) is 14.8 Å². The van der Waals surface area contributed by atoms with Gasteiger partial charge in [-0.2, -0.15) is 0 Å². The molecular weight excluding hydrogens is 436 g/mol. The molecule has 1 saturated heterocycles. The normalized spacial score (nSPS) is 14.2. The summed E-state index contributed by atoms with van der Waals surface area (Å²) in [5.41, 5.74) is 2.27. The van der Waals surface area contributed by atoms with Gasteiger partial charge in [0, 0.05) is 48.3 Å². The van der Waals surface area contributed by atoms with Crippen molar-refractivity contribution in [2.75, 3.05) is 51.3 Å². The third kappa shape index (κ3) is 6.31. The molecule has 8 heteroatoms. The molecule has 0 saturated carbocycles. The molecule has 0 atom stereocenters. The van der Waals surface area contributed by atoms with Gasteiger partial charge < -0.3 is 24.7 Å². The number of H-pyrrole nitrogens is 1. The summed E-state index contributed by atoms with van der Waals surface area (Å²) < 4.78 is 11.1. The van der Waals surface area contributed by atoms with Crippen LogP contribution >= 0.6 is 12.2 Å². The maximum atomic E-state index is 12.9. The fraction of sp³-hybridized carbons (Fsp3) is 0.360. The van der Waals surface area contributed by atoms with Crippen molar-refractivity contribution in [1.29, 1.82) is 0 Å². The smallest absolute Gasteiger partial charge is 0.253 e. The van der Waals surface area contributed by atoms with E-state index in [9.17, 15) is 4.79 Å². The van der Waals surface area contributed by atoms with Crippen LogP contribution < -0.4 is 15.6 Å². The van der Waals surface area contributed by atoms with Gasteiger partial charge in [0.15, 0.2) is 5.11 Å². The highest BCUT2D eigenvalue weighted by atomic mass is 32.1. The van der Waals surface area contributed by atoms with Gasteiger partial charge in [-0.25, -0.2) is 0 Å². The second kappa shape index (κ2) is 11.3. The summed E-state index contributed by atoms with van der Waals surface area (Å²) >= 11 is 5.76. The molecular formula is C25H30N4O3S. The molecule has 2 heterocycles. The number of nitrogens with zero attached hydrogens (tertiary/aromatic N) is 2. The highest BCUT2D eigenvalue weighted by Crippen LogP contribution is 2.20. The molecule has 1 aliphatic rings. The molecule has 4 rings (SSSR count). The number of benzene rings is 2. The zero-order valence-corrected chi connectivity index (χ0v) is 19.7. The lowest BCUT2D eigenvalue weighted by Gasteiger charge is -2.31. The molecule has 2 N–H and O–H groups in total. The van der Waals surface area contributed by atoms with Crippen LogP contribution in [0.5, 0.6) is 5.75 Å². The molecule has 0 amide bonds. The van der Waals surface area contributed by atoms with Gasteiger partial charge in [0.05, 0.1) is 26.4 Å². The van der Waals surface area contributed by atoms with Crippen molar-refractivity contribution in [3.63, 3.8) is 0 Å². The van der Waals surface area contributed by atoms with Crippen molar-refractivity contribution >= 4 is 33.9 Å². The molecule has 33 heavy (non-hydrogen) atoms. The Kier molecular flexibility index (Phi) is 7.93. The number of para-hydroxylation sites is 1. The number of hydrogen-bond donors (Lipinski definition) is 2. The highest BCUT2D eigenvalue weighted by molar-refractivity contribution is 7.80. The zero-order chi connectivity index (χ0) is 23.0. The predicted octanol–water partition coefficient (Wildman–Crippen LogP) is 3.46. The Bertz CT molecular complexity index is 1130. The van der Waals surface area contributed by atoms with E-state index in [2.05, 4.69) is 20.1 Å². The monoisotopic (exact) mass is 466 g/mol. The third-order valence-corrected chi connectivity index (χ3v) is 6.03. The van der Waals surface area contributed by atoms with E-state index in [0.717, 1.165) is 55.2 Å². The standard InChI is InChI=1S/C25H30N4O3S/c1-2-32-22-8-9-23-19(17-22)16-20(24(30)27-23)18-29(11-10-28-12-14-31-15-13-28)25(33)26-21-6-4-3-5-7-21/h3-9,16-17H,2,10-15,18H2,1H3,(H,26,33)(H,27,30). The minimum absolute atomic E-state index is 0.106. The Morgan fingerprint density at radius 3 is 2.73 bits per heavy atom. The van der Waals surface area contributed by atoms with Gasteiger partial charge in [0.2, 0.25) is 0 Å². The van der Waals surface area contributed by atoms with Crippen molar-refractivity contribution in [3.05, 3.63) is 70.5 Å². The largest absolute Gasteiger partial charge is 0.494 e. The Balaban J connectivity index is 1.55. The lowest BCUT2D eigenvalue weighted by molar-refractivity contribution is 0.0358. The molecule has 0 radical (unpaired) electrons. The highest BCUT2D eigenvalue weighted by Gasteiger charge is 2.17. The summed E-state index contributed by atoms with van der Waals surface area (Å²) in [4.78, 5) is 20.3. The number of aromatic nitrogens is 1. The van der Waals surface area contributed by atoms with E-state index in [1.165, 1.54) is 0 Å². The molecule has 3 aromatic rings. The fourth-order valence-corrected chi connectivity index (χ4v) is 4.15. The lowest BCUT2D eigenvalue weighted by Crippen LogP contribution is -2.44. The Hall–Kier alpha value is -2.94. The third-order valence-electron chi connectivity index (χ3n) is 5.67. The number of anilines is 1. The van der Waals surface area contributed by atoms with E-state index in [0.29, 0.717) is 30.4 Å². The van der Waals surface area contributed by atoms with Gasteiger partial charge in [-0.1, -0.05) is 18.2 Å². The molecule has 0 unspecified atom stereocenters. The first-order valence-corrected chi connectivity index (χ1v) is 11.7. The van der Waals surface area contributed by atoms with Crippen LogP contribution in [-0.2, 0) is 11.3 Å². The lowest BCUT2D eigenvalue weighted by atomic mass is 10.1. The second-order valence-electron chi connectivity index (χ2n) is 7.98. The molecule has 0 spiro atoms. The maximum Gasteiger partial charge on any atom is 0.253 e.